The molecule has 0 saturated carbocycles. The van der Waals surface area contributed by atoms with Crippen molar-refractivity contribution in [2.24, 2.45) is 5.84 Å². The molecule has 0 bridgehead atoms. The van der Waals surface area contributed by atoms with Crippen molar-refractivity contribution in [2.75, 3.05) is 32.3 Å². The number of anilines is 1. The van der Waals surface area contributed by atoms with Gasteiger partial charge in [0.05, 0.1) is 12.1 Å². The number of nitrogen functional groups attached to an aromatic ring is 1. The van der Waals surface area contributed by atoms with Crippen LogP contribution in [0.1, 0.15) is 13.8 Å². The molecule has 0 spiro atoms. The Morgan fingerprint density at radius 2 is 1.97 bits per heavy atom. The molecule has 162 valence electrons. The van der Waals surface area contributed by atoms with E-state index in [-0.39, 0.29) is 19.0 Å². The number of hydrogen-bond acceptors (Lipinski definition) is 9. The van der Waals surface area contributed by atoms with Gasteiger partial charge in [-0.3, -0.25) is 0 Å². The van der Waals surface area contributed by atoms with Gasteiger partial charge in [0.15, 0.2) is 5.82 Å². The number of rotatable bonds is 11. The van der Waals surface area contributed by atoms with Gasteiger partial charge in [-0.05, 0) is 32.0 Å². The molecule has 1 unspecified atom stereocenters. The summed E-state index contributed by atoms with van der Waals surface area (Å²) in [6, 6.07) is 8.40. The highest BCUT2D eigenvalue weighted by atomic mass is 35.5. The SMILES string of the molecule is COc1cc(OCC(O)CNC(C)(C)COc2ccc(NN)nn2)ccc1Cl.Cl. The van der Waals surface area contributed by atoms with Crippen molar-refractivity contribution in [2.45, 2.75) is 25.5 Å². The summed E-state index contributed by atoms with van der Waals surface area (Å²) in [4.78, 5) is 0. The Morgan fingerprint density at radius 3 is 2.59 bits per heavy atom. The maximum atomic E-state index is 10.2. The zero-order chi connectivity index (χ0) is 20.6. The molecule has 9 nitrogen and oxygen atoms in total. The van der Waals surface area contributed by atoms with Gasteiger partial charge < -0.3 is 30.1 Å². The summed E-state index contributed by atoms with van der Waals surface area (Å²) in [6.07, 6.45) is -0.712. The molecule has 29 heavy (non-hydrogen) atoms. The molecule has 2 rings (SSSR count). The third-order valence-corrected chi connectivity index (χ3v) is 4.06. The first-order valence-corrected chi connectivity index (χ1v) is 9.03. The Kier molecular flexibility index (Phi) is 10.2. The van der Waals surface area contributed by atoms with Crippen molar-refractivity contribution >= 4 is 29.8 Å². The van der Waals surface area contributed by atoms with Crippen LogP contribution in [0.3, 0.4) is 0 Å². The number of aromatic nitrogens is 2. The lowest BCUT2D eigenvalue weighted by molar-refractivity contribution is 0.0922. The summed E-state index contributed by atoms with van der Waals surface area (Å²) in [7, 11) is 1.53. The number of hydrogen-bond donors (Lipinski definition) is 4. The van der Waals surface area contributed by atoms with E-state index in [2.05, 4.69) is 20.9 Å². The van der Waals surface area contributed by atoms with Crippen molar-refractivity contribution in [1.82, 2.24) is 15.5 Å². The van der Waals surface area contributed by atoms with E-state index in [1.807, 2.05) is 13.8 Å². The Labute approximate surface area is 181 Å². The molecule has 0 fully saturated rings. The Hall–Kier alpha value is -2.04. The fraction of sp³-hybridized carbons (Fsp3) is 0.444. The van der Waals surface area contributed by atoms with Crippen molar-refractivity contribution in [1.29, 1.82) is 0 Å². The number of nitrogens with zero attached hydrogens (tertiary/aromatic N) is 2. The summed E-state index contributed by atoms with van der Waals surface area (Å²) < 4.78 is 16.4. The van der Waals surface area contributed by atoms with Gasteiger partial charge in [-0.25, -0.2) is 5.84 Å². The number of methoxy groups -OCH3 is 1. The number of nitrogens with two attached hydrogens (primary N) is 1. The van der Waals surface area contributed by atoms with Gasteiger partial charge in [0.25, 0.3) is 0 Å². The molecule has 0 aliphatic heterocycles. The van der Waals surface area contributed by atoms with Crippen LogP contribution in [0, 0.1) is 0 Å². The zero-order valence-corrected chi connectivity index (χ0v) is 18.1. The predicted octanol–water partition coefficient (Wildman–Crippen LogP) is 2.03. The van der Waals surface area contributed by atoms with E-state index in [0.717, 1.165) is 0 Å². The van der Waals surface area contributed by atoms with Crippen molar-refractivity contribution < 1.29 is 19.3 Å². The highest BCUT2D eigenvalue weighted by Gasteiger charge is 2.20. The number of hydrazine groups is 1. The summed E-state index contributed by atoms with van der Waals surface area (Å²) in [5, 5.41) is 21.6. The maximum Gasteiger partial charge on any atom is 0.233 e. The molecule has 1 atom stereocenters. The van der Waals surface area contributed by atoms with Crippen LogP contribution in [0.5, 0.6) is 17.4 Å². The number of benzene rings is 1. The van der Waals surface area contributed by atoms with Gasteiger partial charge in [-0.2, -0.15) is 0 Å². The smallest absolute Gasteiger partial charge is 0.233 e. The normalized spacial score (nSPS) is 11.9. The molecule has 1 aromatic heterocycles. The lowest BCUT2D eigenvalue weighted by Crippen LogP contribution is -2.48. The molecule has 1 heterocycles. The predicted molar refractivity (Wildman–Crippen MR) is 114 cm³/mol. The standard InChI is InChI=1S/C18H26ClN5O4.ClH/c1-18(2,11-28-17-7-6-16(22-20)23-24-17)21-9-12(25)10-27-13-4-5-14(19)15(8-13)26-3;/h4-8,12,21,25H,9-11,20H2,1-3H3,(H,22,23);1H. The van der Waals surface area contributed by atoms with E-state index in [0.29, 0.717) is 41.4 Å². The second-order valence-electron chi connectivity index (χ2n) is 6.72. The number of ether oxygens (including phenoxy) is 3. The quantitative estimate of drug-likeness (QED) is 0.302. The number of halogens is 2. The van der Waals surface area contributed by atoms with Gasteiger partial charge in [0.1, 0.15) is 30.8 Å². The average Bonchev–Trinajstić information content (AvgIpc) is 2.70. The molecule has 1 aromatic carbocycles. The largest absolute Gasteiger partial charge is 0.495 e. The first-order valence-electron chi connectivity index (χ1n) is 8.65. The summed E-state index contributed by atoms with van der Waals surface area (Å²) in [5.41, 5.74) is 1.99. The minimum Gasteiger partial charge on any atom is -0.495 e. The van der Waals surface area contributed by atoms with Crippen molar-refractivity contribution in [3.05, 3.63) is 35.4 Å². The molecule has 0 amide bonds. The van der Waals surface area contributed by atoms with Crippen molar-refractivity contribution in [3.8, 4) is 17.4 Å². The Morgan fingerprint density at radius 1 is 1.21 bits per heavy atom. The minimum absolute atomic E-state index is 0. The van der Waals surface area contributed by atoms with E-state index in [4.69, 9.17) is 31.7 Å². The average molecular weight is 448 g/mol. The summed E-state index contributed by atoms with van der Waals surface area (Å²) in [5.74, 6) is 7.16. The fourth-order valence-corrected chi connectivity index (χ4v) is 2.35. The third-order valence-electron chi connectivity index (χ3n) is 3.75. The minimum atomic E-state index is -0.712. The first-order chi connectivity index (χ1) is 13.3. The van der Waals surface area contributed by atoms with Crippen LogP contribution >= 0.6 is 24.0 Å². The van der Waals surface area contributed by atoms with E-state index < -0.39 is 11.6 Å². The lowest BCUT2D eigenvalue weighted by atomic mass is 10.1. The van der Waals surface area contributed by atoms with Gasteiger partial charge in [-0.1, -0.05) is 11.6 Å². The van der Waals surface area contributed by atoms with Crippen LogP contribution in [-0.2, 0) is 0 Å². The topological polar surface area (TPSA) is 124 Å². The van der Waals surface area contributed by atoms with E-state index in [9.17, 15) is 5.11 Å². The number of β-amino-alcohol motifs (C(OH)–C–C–N with tert-alkyl or cyclic N) is 1. The molecule has 0 saturated heterocycles. The molecule has 0 aliphatic rings. The van der Waals surface area contributed by atoms with Gasteiger partial charge in [-0.15, -0.1) is 22.6 Å². The molecule has 0 aliphatic carbocycles. The molecular formula is C18H27Cl2N5O4. The van der Waals surface area contributed by atoms with E-state index in [1.54, 1.807) is 30.3 Å². The molecule has 5 N–H and O–H groups in total. The van der Waals surface area contributed by atoms with E-state index >= 15 is 0 Å². The van der Waals surface area contributed by atoms with Crippen molar-refractivity contribution in [3.63, 3.8) is 0 Å². The Balaban J connectivity index is 0.00000420. The highest BCUT2D eigenvalue weighted by Crippen LogP contribution is 2.28. The molecule has 0 radical (unpaired) electrons. The lowest BCUT2D eigenvalue weighted by Gasteiger charge is -2.27. The number of aliphatic hydroxyl groups excluding tert-OH is 1. The molecule has 2 aromatic rings. The molecule has 11 heteroatoms. The van der Waals surface area contributed by atoms with Crippen LogP contribution in [-0.4, -0.2) is 53.8 Å². The fourth-order valence-electron chi connectivity index (χ4n) is 2.15. The van der Waals surface area contributed by atoms with Gasteiger partial charge >= 0.3 is 0 Å². The Bertz CT molecular complexity index is 750. The van der Waals surface area contributed by atoms with Gasteiger partial charge in [0.2, 0.25) is 5.88 Å². The van der Waals surface area contributed by atoms with Crippen LogP contribution in [0.15, 0.2) is 30.3 Å². The van der Waals surface area contributed by atoms with Gasteiger partial charge in [0, 0.05) is 24.2 Å². The van der Waals surface area contributed by atoms with Crippen LogP contribution in [0.2, 0.25) is 5.02 Å². The second-order valence-corrected chi connectivity index (χ2v) is 7.12. The first kappa shape index (κ1) is 25.0. The monoisotopic (exact) mass is 447 g/mol. The molecular weight excluding hydrogens is 421 g/mol. The van der Waals surface area contributed by atoms with Crippen LogP contribution in [0.25, 0.3) is 0 Å². The summed E-state index contributed by atoms with van der Waals surface area (Å²) >= 11 is 5.98. The van der Waals surface area contributed by atoms with E-state index in [1.165, 1.54) is 7.11 Å². The second kappa shape index (κ2) is 11.8. The zero-order valence-electron chi connectivity index (χ0n) is 16.5. The maximum absolute atomic E-state index is 10.2. The number of aliphatic hydroxyl groups is 1. The van der Waals surface area contributed by atoms with Crippen LogP contribution in [0.4, 0.5) is 5.82 Å². The third kappa shape index (κ3) is 8.46. The highest BCUT2D eigenvalue weighted by molar-refractivity contribution is 6.32. The number of nitrogens with one attached hydrogen (secondary N) is 2. The summed E-state index contributed by atoms with van der Waals surface area (Å²) in [6.45, 7) is 4.68. The van der Waals surface area contributed by atoms with Crippen LogP contribution < -0.4 is 30.8 Å².